The second-order valence-corrected chi connectivity index (χ2v) is 13.7. The van der Waals surface area contributed by atoms with Gasteiger partial charge in [-0.15, -0.1) is 21.9 Å². The Labute approximate surface area is 324 Å². The Kier molecular flexibility index (Phi) is 11.8. The van der Waals surface area contributed by atoms with Crippen molar-refractivity contribution in [1.29, 1.82) is 0 Å². The largest absolute Gasteiger partial charge is 0.278 e. The number of para-hydroxylation sites is 1. The molecule has 1 aromatic heterocycles. The Balaban J connectivity index is 0.000000332. The van der Waals surface area contributed by atoms with E-state index in [9.17, 15) is 52.7 Å². The normalized spacial score (nSPS) is 13.3. The van der Waals surface area contributed by atoms with Gasteiger partial charge in [-0.25, -0.2) is 87.8 Å². The maximum atomic E-state index is 15.4. The zero-order chi connectivity index (χ0) is 44.4. The van der Waals surface area contributed by atoms with Crippen molar-refractivity contribution in [2.24, 2.45) is 0 Å². The molecular weight excluding hydrogens is 885 g/mol. The van der Waals surface area contributed by atoms with E-state index in [-0.39, 0.29) is 0 Å². The minimum atomic E-state index is -7.22. The van der Waals surface area contributed by atoms with E-state index in [1.807, 2.05) is 4.73 Å². The average molecular weight is 899 g/mol. The van der Waals surface area contributed by atoms with Gasteiger partial charge in [-0.1, -0.05) is 23.5 Å². The molecule has 0 amide bonds. The highest BCUT2D eigenvalue weighted by Crippen LogP contribution is 2.31. The standard InChI is InChI=1S/C24BF20.C12H14NOS/c26-5-1(6(27)14(35)21(42)13(5)34)25(2-7(28)15(36)22(43)16(37)8(2)29,3-9(30)17(38)23(44)18(39)10(3)31)4-11(32)19(40)24(45)20(41)12(4)33;1-2-6-10(5-1)14-13-9-15-12-8-4-3-7-11(12)13/h;3-4,7-10H,1-2,5-6H2/q-1;+1. The quantitative estimate of drug-likeness (QED) is 0.0539. The van der Waals surface area contributed by atoms with E-state index >= 15 is 35.1 Å². The molecule has 0 bridgehead atoms. The Bertz CT molecular complexity index is 2340. The number of aromatic nitrogens is 1. The summed E-state index contributed by atoms with van der Waals surface area (Å²) < 4.78 is 297. The molecule has 1 fully saturated rings. The van der Waals surface area contributed by atoms with E-state index in [4.69, 9.17) is 4.84 Å². The van der Waals surface area contributed by atoms with Gasteiger partial charge in [-0.05, 0) is 31.7 Å². The van der Waals surface area contributed by atoms with Crippen LogP contribution < -0.4 is 31.4 Å². The van der Waals surface area contributed by atoms with Crippen LogP contribution >= 0.6 is 11.3 Å². The Hall–Kier alpha value is -5.55. The second-order valence-electron chi connectivity index (χ2n) is 12.8. The van der Waals surface area contributed by atoms with Gasteiger partial charge in [-0.3, -0.25) is 4.84 Å². The predicted octanol–water partition coefficient (Wildman–Crippen LogP) is 8.41. The number of halogens is 20. The number of thiazole rings is 1. The molecule has 7 rings (SSSR count). The topological polar surface area (TPSA) is 13.1 Å². The van der Waals surface area contributed by atoms with E-state index < -0.39 is 144 Å². The molecule has 1 saturated carbocycles. The number of hydrogen-bond acceptors (Lipinski definition) is 2. The first kappa shape index (κ1) is 44.0. The minimum Gasteiger partial charge on any atom is -0.267 e. The number of hydrogen-bond donors (Lipinski definition) is 0. The molecule has 24 heteroatoms. The van der Waals surface area contributed by atoms with Crippen molar-refractivity contribution in [3.05, 3.63) is 146 Å². The Morgan fingerprint density at radius 1 is 0.400 bits per heavy atom. The summed E-state index contributed by atoms with van der Waals surface area (Å²) in [4.78, 5) is 5.96. The van der Waals surface area contributed by atoms with E-state index in [1.165, 1.54) is 35.9 Å². The average Bonchev–Trinajstić information content (AvgIpc) is 3.91. The molecule has 0 aliphatic heterocycles. The smallest absolute Gasteiger partial charge is 0.267 e. The lowest BCUT2D eigenvalue weighted by Gasteiger charge is -2.44. The van der Waals surface area contributed by atoms with E-state index in [0.717, 1.165) is 0 Å². The summed E-state index contributed by atoms with van der Waals surface area (Å²) >= 11 is 1.74. The highest BCUT2D eigenvalue weighted by molar-refractivity contribution is 7.20. The third kappa shape index (κ3) is 6.56. The van der Waals surface area contributed by atoms with Gasteiger partial charge in [0.05, 0.1) is 0 Å². The maximum absolute atomic E-state index is 15.4. The third-order valence-corrected chi connectivity index (χ3v) is 10.5. The van der Waals surface area contributed by atoms with Crippen molar-refractivity contribution in [2.75, 3.05) is 0 Å². The van der Waals surface area contributed by atoms with Crippen molar-refractivity contribution < 1.29 is 97.4 Å². The van der Waals surface area contributed by atoms with Crippen LogP contribution in [0.25, 0.3) is 10.2 Å². The van der Waals surface area contributed by atoms with Crippen LogP contribution in [0, 0.1) is 116 Å². The molecular formula is C36H14BF20NOS. The fraction of sp³-hybridized carbons (Fsp3) is 0.139. The molecule has 6 aromatic rings. The second kappa shape index (κ2) is 16.1. The number of rotatable bonds is 6. The molecule has 5 aromatic carbocycles. The van der Waals surface area contributed by atoms with Crippen LogP contribution in [-0.2, 0) is 0 Å². The zero-order valence-corrected chi connectivity index (χ0v) is 29.5. The number of nitrogens with zero attached hydrogens (tertiary/aromatic N) is 1. The molecule has 1 aliphatic rings. The predicted molar refractivity (Wildman–Crippen MR) is 170 cm³/mol. The number of fused-ring (bicyclic) bond motifs is 1. The first-order valence-electron chi connectivity index (χ1n) is 16.4. The van der Waals surface area contributed by atoms with Crippen LogP contribution in [0.2, 0.25) is 0 Å². The van der Waals surface area contributed by atoms with Crippen molar-refractivity contribution in [2.45, 2.75) is 31.8 Å². The maximum Gasteiger partial charge on any atom is 0.278 e. The van der Waals surface area contributed by atoms with Gasteiger partial charge in [0.25, 0.3) is 11.0 Å². The summed E-state index contributed by atoms with van der Waals surface area (Å²) in [5.41, 5.74) is -11.1. The van der Waals surface area contributed by atoms with Gasteiger partial charge in [0, 0.05) is 10.8 Å². The first-order valence-corrected chi connectivity index (χ1v) is 17.3. The fourth-order valence-corrected chi connectivity index (χ4v) is 7.82. The molecule has 0 saturated heterocycles. The molecule has 0 atom stereocenters. The minimum absolute atomic E-state index is 0.424. The van der Waals surface area contributed by atoms with E-state index in [1.54, 1.807) is 11.3 Å². The van der Waals surface area contributed by atoms with Gasteiger partial charge < -0.3 is 0 Å². The van der Waals surface area contributed by atoms with E-state index in [0.29, 0.717) is 6.10 Å². The lowest BCUT2D eigenvalue weighted by Crippen LogP contribution is -2.81. The fourth-order valence-electron chi connectivity index (χ4n) is 7.01. The molecule has 1 heterocycles. The van der Waals surface area contributed by atoms with Crippen LogP contribution in [0.5, 0.6) is 0 Å². The van der Waals surface area contributed by atoms with Crippen molar-refractivity contribution >= 4 is 49.6 Å². The lowest BCUT2D eigenvalue weighted by molar-refractivity contribution is -0.876. The monoisotopic (exact) mass is 899 g/mol. The van der Waals surface area contributed by atoms with Crippen molar-refractivity contribution in [1.82, 2.24) is 0 Å². The van der Waals surface area contributed by atoms with Crippen LogP contribution in [0.4, 0.5) is 87.8 Å². The first-order chi connectivity index (χ1) is 28.1. The van der Waals surface area contributed by atoms with E-state index in [2.05, 4.69) is 29.8 Å². The number of benzene rings is 5. The van der Waals surface area contributed by atoms with Crippen LogP contribution in [0.3, 0.4) is 0 Å². The highest BCUT2D eigenvalue weighted by Gasteiger charge is 2.52. The summed E-state index contributed by atoms with van der Waals surface area (Å²) in [7, 11) is 0. The Morgan fingerprint density at radius 3 is 0.967 bits per heavy atom. The lowest BCUT2D eigenvalue weighted by atomic mass is 9.12. The molecule has 0 unspecified atom stereocenters. The molecule has 318 valence electrons. The van der Waals surface area contributed by atoms with Crippen LogP contribution in [0.1, 0.15) is 25.7 Å². The van der Waals surface area contributed by atoms with Gasteiger partial charge in [0.2, 0.25) is 0 Å². The summed E-state index contributed by atoms with van der Waals surface area (Å²) in [6, 6.07) is 8.37. The van der Waals surface area contributed by atoms with Crippen LogP contribution in [0.15, 0.2) is 29.8 Å². The zero-order valence-electron chi connectivity index (χ0n) is 28.7. The highest BCUT2D eigenvalue weighted by atomic mass is 32.1. The molecule has 60 heavy (non-hydrogen) atoms. The summed E-state index contributed by atoms with van der Waals surface area (Å²) in [5, 5.41) is 0. The molecule has 1 aliphatic carbocycles. The molecule has 2 nitrogen and oxygen atoms in total. The third-order valence-electron chi connectivity index (χ3n) is 9.65. The summed E-state index contributed by atoms with van der Waals surface area (Å²) in [5.74, 6) is -71.4. The van der Waals surface area contributed by atoms with Gasteiger partial charge in [0.15, 0.2) is 75.9 Å². The van der Waals surface area contributed by atoms with Crippen LogP contribution in [-0.4, -0.2) is 12.2 Å². The molecule has 0 radical (unpaired) electrons. The molecule has 0 N–H and O–H groups in total. The van der Waals surface area contributed by atoms with Crippen molar-refractivity contribution in [3.63, 3.8) is 0 Å². The Morgan fingerprint density at radius 2 is 0.667 bits per heavy atom. The summed E-state index contributed by atoms with van der Waals surface area (Å²) in [6.45, 7) is 0. The molecule has 0 spiro atoms. The van der Waals surface area contributed by atoms with Crippen molar-refractivity contribution in [3.8, 4) is 0 Å². The van der Waals surface area contributed by atoms with Gasteiger partial charge in [-0.2, -0.15) is 0 Å². The summed E-state index contributed by atoms with van der Waals surface area (Å²) in [6.07, 6.45) is -1.76. The van der Waals surface area contributed by atoms with Gasteiger partial charge in [0.1, 0.15) is 57.4 Å². The van der Waals surface area contributed by atoms with Gasteiger partial charge >= 0.3 is 0 Å². The SMILES string of the molecule is Fc1c(F)c(F)c([B-](c2c(F)c(F)c(F)c(F)c2F)(c2c(F)c(F)c(F)c(F)c2F)c2c(F)c(F)c(F)c(F)c2F)c(F)c1F.c1ccc2c(c1)sc[n+]2OC1CCCC1.